The van der Waals surface area contributed by atoms with Crippen molar-refractivity contribution < 1.29 is 8.42 Å². The lowest BCUT2D eigenvalue weighted by atomic mass is 9.95. The molecule has 2 heterocycles. The van der Waals surface area contributed by atoms with E-state index in [0.717, 1.165) is 16.9 Å². The summed E-state index contributed by atoms with van der Waals surface area (Å²) >= 11 is 0. The lowest BCUT2D eigenvalue weighted by molar-refractivity contribution is 0.200. The average molecular weight is 395 g/mol. The quantitative estimate of drug-likeness (QED) is 0.681. The van der Waals surface area contributed by atoms with Gasteiger partial charge >= 0.3 is 0 Å². The molecule has 1 fully saturated rings. The molecular weight excluding hydrogens is 372 g/mol. The van der Waals surface area contributed by atoms with Gasteiger partial charge in [0, 0.05) is 18.5 Å². The molecule has 144 valence electrons. The Labute approximate surface area is 165 Å². The standard InChI is InChI=1S/C21H22N4O2S/c1-21(2,3)20-23-18-6-4-5-7-19(18)25(20)16-13-24(14-16)28(26,27)17-10-8-15(12-22)9-11-17/h4-11,16H,13-14H2,1-3H3. The first-order chi connectivity index (χ1) is 13.2. The van der Waals surface area contributed by atoms with Crippen molar-refractivity contribution in [3.05, 3.63) is 59.9 Å². The van der Waals surface area contributed by atoms with Crippen LogP contribution in [0.1, 0.15) is 38.2 Å². The zero-order valence-corrected chi connectivity index (χ0v) is 16.9. The molecule has 1 aliphatic heterocycles. The van der Waals surface area contributed by atoms with Crippen LogP contribution in [0.5, 0.6) is 0 Å². The zero-order chi connectivity index (χ0) is 20.1. The fourth-order valence-corrected chi connectivity index (χ4v) is 5.08. The average Bonchev–Trinajstić information content (AvgIpc) is 3.00. The Morgan fingerprint density at radius 3 is 2.32 bits per heavy atom. The Kier molecular flexibility index (Phi) is 4.29. The van der Waals surface area contributed by atoms with E-state index in [1.165, 1.54) is 28.6 Å². The van der Waals surface area contributed by atoms with E-state index in [2.05, 4.69) is 25.3 Å². The summed E-state index contributed by atoms with van der Waals surface area (Å²) in [7, 11) is -3.56. The van der Waals surface area contributed by atoms with Crippen LogP contribution in [0.3, 0.4) is 0 Å². The van der Waals surface area contributed by atoms with E-state index in [1.807, 2.05) is 30.3 Å². The lowest BCUT2D eigenvalue weighted by Crippen LogP contribution is -2.51. The van der Waals surface area contributed by atoms with E-state index in [0.29, 0.717) is 18.7 Å². The van der Waals surface area contributed by atoms with Gasteiger partial charge in [-0.1, -0.05) is 32.9 Å². The molecule has 3 aromatic rings. The topological polar surface area (TPSA) is 79.0 Å². The molecule has 2 aromatic carbocycles. The third-order valence-corrected chi connectivity index (χ3v) is 6.93. The van der Waals surface area contributed by atoms with Crippen LogP contribution in [0.15, 0.2) is 53.4 Å². The molecule has 1 aromatic heterocycles. The van der Waals surface area contributed by atoms with E-state index in [-0.39, 0.29) is 16.4 Å². The summed E-state index contributed by atoms with van der Waals surface area (Å²) in [5, 5.41) is 8.90. The van der Waals surface area contributed by atoms with Gasteiger partial charge in [-0.3, -0.25) is 0 Å². The maximum absolute atomic E-state index is 12.9. The Morgan fingerprint density at radius 1 is 1.07 bits per heavy atom. The maximum atomic E-state index is 12.9. The molecule has 0 unspecified atom stereocenters. The van der Waals surface area contributed by atoms with Crippen LogP contribution in [0.2, 0.25) is 0 Å². The van der Waals surface area contributed by atoms with Crippen molar-refractivity contribution in [3.63, 3.8) is 0 Å². The van der Waals surface area contributed by atoms with Crippen LogP contribution in [0, 0.1) is 11.3 Å². The van der Waals surface area contributed by atoms with Crippen LogP contribution in [-0.4, -0.2) is 35.4 Å². The van der Waals surface area contributed by atoms with E-state index in [4.69, 9.17) is 10.2 Å². The number of hydrogen-bond acceptors (Lipinski definition) is 4. The number of nitriles is 1. The molecule has 0 N–H and O–H groups in total. The van der Waals surface area contributed by atoms with Crippen molar-refractivity contribution in [1.82, 2.24) is 13.9 Å². The van der Waals surface area contributed by atoms with Gasteiger partial charge in [0.2, 0.25) is 10.0 Å². The Hall–Kier alpha value is -2.69. The second-order valence-corrected chi connectivity index (χ2v) is 10.1. The lowest BCUT2D eigenvalue weighted by Gasteiger charge is -2.40. The molecule has 28 heavy (non-hydrogen) atoms. The highest BCUT2D eigenvalue weighted by Gasteiger charge is 2.40. The Morgan fingerprint density at radius 2 is 1.71 bits per heavy atom. The minimum atomic E-state index is -3.56. The van der Waals surface area contributed by atoms with Gasteiger partial charge in [0.05, 0.1) is 33.6 Å². The van der Waals surface area contributed by atoms with Gasteiger partial charge in [-0.2, -0.15) is 9.57 Å². The summed E-state index contributed by atoms with van der Waals surface area (Å²) < 4.78 is 29.5. The van der Waals surface area contributed by atoms with Gasteiger partial charge in [0.1, 0.15) is 5.82 Å². The minimum absolute atomic E-state index is 0.0507. The smallest absolute Gasteiger partial charge is 0.243 e. The van der Waals surface area contributed by atoms with Crippen molar-refractivity contribution in [3.8, 4) is 6.07 Å². The van der Waals surface area contributed by atoms with Crippen molar-refractivity contribution in [2.45, 2.75) is 37.1 Å². The number of aromatic nitrogens is 2. The summed E-state index contributed by atoms with van der Waals surface area (Å²) in [6.07, 6.45) is 0. The predicted molar refractivity (Wildman–Crippen MR) is 107 cm³/mol. The number of rotatable bonds is 3. The molecular formula is C21H22N4O2S. The number of benzene rings is 2. The van der Waals surface area contributed by atoms with Crippen LogP contribution in [-0.2, 0) is 15.4 Å². The third kappa shape index (κ3) is 2.99. The van der Waals surface area contributed by atoms with Gasteiger partial charge in [0.15, 0.2) is 0 Å². The first-order valence-electron chi connectivity index (χ1n) is 9.19. The summed E-state index contributed by atoms with van der Waals surface area (Å²) in [5.41, 5.74) is 2.26. The predicted octanol–water partition coefficient (Wildman–Crippen LogP) is 3.45. The van der Waals surface area contributed by atoms with Crippen LogP contribution < -0.4 is 0 Å². The van der Waals surface area contributed by atoms with Gasteiger partial charge in [-0.25, -0.2) is 13.4 Å². The molecule has 0 bridgehead atoms. The van der Waals surface area contributed by atoms with E-state index in [1.54, 1.807) is 0 Å². The second-order valence-electron chi connectivity index (χ2n) is 8.16. The molecule has 1 aliphatic rings. The Balaban J connectivity index is 1.64. The highest BCUT2D eigenvalue weighted by Crippen LogP contribution is 2.35. The SMILES string of the molecule is CC(C)(C)c1nc2ccccc2n1C1CN(S(=O)(=O)c2ccc(C#N)cc2)C1. The van der Waals surface area contributed by atoms with Crippen LogP contribution in [0.25, 0.3) is 11.0 Å². The fourth-order valence-electron chi connectivity index (χ4n) is 3.57. The normalized spacial score (nSPS) is 16.1. The van der Waals surface area contributed by atoms with E-state index >= 15 is 0 Å². The number of hydrogen-bond donors (Lipinski definition) is 0. The van der Waals surface area contributed by atoms with Gasteiger partial charge in [0.25, 0.3) is 0 Å². The first-order valence-corrected chi connectivity index (χ1v) is 10.6. The molecule has 7 heteroatoms. The van der Waals surface area contributed by atoms with E-state index in [9.17, 15) is 8.42 Å². The van der Waals surface area contributed by atoms with Gasteiger partial charge in [-0.15, -0.1) is 0 Å². The molecule has 0 saturated carbocycles. The number of fused-ring (bicyclic) bond motifs is 1. The maximum Gasteiger partial charge on any atom is 0.243 e. The minimum Gasteiger partial charge on any atom is -0.322 e. The van der Waals surface area contributed by atoms with Gasteiger partial charge < -0.3 is 4.57 Å². The molecule has 0 radical (unpaired) electrons. The second kappa shape index (κ2) is 6.43. The monoisotopic (exact) mass is 394 g/mol. The highest BCUT2D eigenvalue weighted by molar-refractivity contribution is 7.89. The molecule has 0 spiro atoms. The summed E-state index contributed by atoms with van der Waals surface area (Å²) in [4.78, 5) is 5.03. The van der Waals surface area contributed by atoms with E-state index < -0.39 is 10.0 Å². The highest BCUT2D eigenvalue weighted by atomic mass is 32.2. The van der Waals surface area contributed by atoms with Crippen molar-refractivity contribution in [2.75, 3.05) is 13.1 Å². The molecule has 0 aliphatic carbocycles. The zero-order valence-electron chi connectivity index (χ0n) is 16.1. The third-order valence-electron chi connectivity index (χ3n) is 5.08. The van der Waals surface area contributed by atoms with Gasteiger partial charge in [-0.05, 0) is 36.4 Å². The summed E-state index contributed by atoms with van der Waals surface area (Å²) in [6.45, 7) is 7.18. The molecule has 1 saturated heterocycles. The fraction of sp³-hybridized carbons (Fsp3) is 0.333. The number of imidazole rings is 1. The number of sulfonamides is 1. The molecule has 0 atom stereocenters. The molecule has 6 nitrogen and oxygen atoms in total. The molecule has 0 amide bonds. The molecule has 4 rings (SSSR count). The summed E-state index contributed by atoms with van der Waals surface area (Å²) in [6, 6.07) is 16.1. The first kappa shape index (κ1) is 18.7. The number of nitrogens with zero attached hydrogens (tertiary/aromatic N) is 4. The largest absolute Gasteiger partial charge is 0.322 e. The summed E-state index contributed by atoms with van der Waals surface area (Å²) in [5.74, 6) is 0.967. The van der Waals surface area contributed by atoms with Crippen LogP contribution >= 0.6 is 0 Å². The van der Waals surface area contributed by atoms with Crippen LogP contribution in [0.4, 0.5) is 0 Å². The van der Waals surface area contributed by atoms with Crippen molar-refractivity contribution >= 4 is 21.1 Å². The van der Waals surface area contributed by atoms with Crippen molar-refractivity contribution in [2.24, 2.45) is 0 Å². The number of para-hydroxylation sites is 2. The van der Waals surface area contributed by atoms with Crippen molar-refractivity contribution in [1.29, 1.82) is 5.26 Å². The Bertz CT molecular complexity index is 1180.